The summed E-state index contributed by atoms with van der Waals surface area (Å²) < 4.78 is 0. The number of hydrazine groups is 1. The second-order valence-electron chi connectivity index (χ2n) is 3.76. The molecular formula is C10H12Cl2N6. The number of hydrogen-bond donors (Lipinski definition) is 2. The maximum Gasteiger partial charge on any atom is 0.176 e. The Labute approximate surface area is 114 Å². The van der Waals surface area contributed by atoms with E-state index >= 15 is 0 Å². The van der Waals surface area contributed by atoms with Crippen LogP contribution in [0.5, 0.6) is 0 Å². The second-order valence-corrected chi connectivity index (χ2v) is 4.55. The van der Waals surface area contributed by atoms with E-state index < -0.39 is 0 Å². The molecule has 0 spiro atoms. The Morgan fingerprint density at radius 1 is 1.44 bits per heavy atom. The number of rotatable bonds is 4. The van der Waals surface area contributed by atoms with Gasteiger partial charge in [-0.25, -0.2) is 0 Å². The molecule has 0 fully saturated rings. The molecule has 2 rings (SSSR count). The lowest BCUT2D eigenvalue weighted by Gasteiger charge is -2.16. The lowest BCUT2D eigenvalue weighted by Crippen LogP contribution is -2.30. The van der Waals surface area contributed by atoms with Crippen molar-refractivity contribution in [3.05, 3.63) is 39.6 Å². The van der Waals surface area contributed by atoms with Crippen LogP contribution in [0.4, 0.5) is 0 Å². The molecule has 8 heteroatoms. The highest BCUT2D eigenvalue weighted by atomic mass is 35.5. The largest absolute Gasteiger partial charge is 0.271 e. The normalized spacial score (nSPS) is 12.7. The van der Waals surface area contributed by atoms with Gasteiger partial charge in [-0.05, 0) is 16.8 Å². The van der Waals surface area contributed by atoms with Gasteiger partial charge in [0.25, 0.3) is 0 Å². The molecule has 0 saturated heterocycles. The molecule has 3 N–H and O–H groups in total. The van der Waals surface area contributed by atoms with Crippen molar-refractivity contribution in [1.82, 2.24) is 25.6 Å². The van der Waals surface area contributed by atoms with E-state index in [2.05, 4.69) is 20.8 Å². The number of nitrogens with zero attached hydrogens (tertiary/aromatic N) is 4. The van der Waals surface area contributed by atoms with E-state index in [-0.39, 0.29) is 6.04 Å². The van der Waals surface area contributed by atoms with Crippen LogP contribution in [-0.4, -0.2) is 20.2 Å². The van der Waals surface area contributed by atoms with E-state index in [0.717, 1.165) is 5.56 Å². The van der Waals surface area contributed by atoms with E-state index in [1.165, 1.54) is 4.80 Å². The SMILES string of the molecule is Cn1nnc(CC(NN)c2cccc(Cl)c2Cl)n1. The van der Waals surface area contributed by atoms with E-state index in [1.807, 2.05) is 12.1 Å². The van der Waals surface area contributed by atoms with Gasteiger partial charge in [0.2, 0.25) is 0 Å². The quantitative estimate of drug-likeness (QED) is 0.653. The molecule has 96 valence electrons. The first kappa shape index (κ1) is 13.2. The molecule has 1 atom stereocenters. The minimum atomic E-state index is -0.222. The van der Waals surface area contributed by atoms with Crippen LogP contribution in [0.2, 0.25) is 10.0 Å². The molecule has 0 aliphatic carbocycles. The molecule has 18 heavy (non-hydrogen) atoms. The lowest BCUT2D eigenvalue weighted by molar-refractivity contribution is 0.536. The molecule has 1 heterocycles. The Morgan fingerprint density at radius 3 is 2.83 bits per heavy atom. The highest BCUT2D eigenvalue weighted by Gasteiger charge is 2.17. The van der Waals surface area contributed by atoms with Crippen LogP contribution in [0.1, 0.15) is 17.4 Å². The molecule has 0 aliphatic rings. The Balaban J connectivity index is 2.25. The maximum atomic E-state index is 6.15. The number of benzene rings is 1. The number of tetrazole rings is 1. The second kappa shape index (κ2) is 5.62. The van der Waals surface area contributed by atoms with Gasteiger partial charge in [0.05, 0.1) is 23.1 Å². The molecule has 6 nitrogen and oxygen atoms in total. The zero-order valence-corrected chi connectivity index (χ0v) is 11.2. The summed E-state index contributed by atoms with van der Waals surface area (Å²) in [4.78, 5) is 1.39. The van der Waals surface area contributed by atoms with Gasteiger partial charge in [0.15, 0.2) is 5.82 Å². The van der Waals surface area contributed by atoms with Crippen LogP contribution in [0.25, 0.3) is 0 Å². The van der Waals surface area contributed by atoms with Crippen molar-refractivity contribution in [2.45, 2.75) is 12.5 Å². The highest BCUT2D eigenvalue weighted by molar-refractivity contribution is 6.42. The summed E-state index contributed by atoms with van der Waals surface area (Å²) in [5.41, 5.74) is 3.49. The fraction of sp³-hybridized carbons (Fsp3) is 0.300. The molecule has 1 unspecified atom stereocenters. The van der Waals surface area contributed by atoms with Crippen molar-refractivity contribution < 1.29 is 0 Å². The van der Waals surface area contributed by atoms with Gasteiger partial charge in [0, 0.05) is 6.42 Å². The predicted molar refractivity (Wildman–Crippen MR) is 69.0 cm³/mol. The number of nitrogens with two attached hydrogens (primary N) is 1. The van der Waals surface area contributed by atoms with Crippen LogP contribution >= 0.6 is 23.2 Å². The molecule has 0 bridgehead atoms. The summed E-state index contributed by atoms with van der Waals surface area (Å²) >= 11 is 12.1. The third-order valence-corrected chi connectivity index (χ3v) is 3.33. The van der Waals surface area contributed by atoms with Crippen LogP contribution in [-0.2, 0) is 13.5 Å². The number of aryl methyl sites for hydroxylation is 1. The van der Waals surface area contributed by atoms with Crippen molar-refractivity contribution in [3.8, 4) is 0 Å². The minimum absolute atomic E-state index is 0.222. The lowest BCUT2D eigenvalue weighted by atomic mass is 10.0. The monoisotopic (exact) mass is 286 g/mol. The Kier molecular flexibility index (Phi) is 4.13. The van der Waals surface area contributed by atoms with Crippen LogP contribution < -0.4 is 11.3 Å². The summed E-state index contributed by atoms with van der Waals surface area (Å²) in [6.07, 6.45) is 0.477. The summed E-state index contributed by atoms with van der Waals surface area (Å²) in [6, 6.07) is 5.18. The van der Waals surface area contributed by atoms with Crippen molar-refractivity contribution >= 4 is 23.2 Å². The molecule has 1 aromatic heterocycles. The van der Waals surface area contributed by atoms with Gasteiger partial charge >= 0.3 is 0 Å². The number of hydrogen-bond acceptors (Lipinski definition) is 5. The molecule has 0 amide bonds. The van der Waals surface area contributed by atoms with Crippen molar-refractivity contribution in [2.75, 3.05) is 0 Å². The molecule has 2 aromatic rings. The Morgan fingerprint density at radius 2 is 2.22 bits per heavy atom. The van der Waals surface area contributed by atoms with Crippen LogP contribution in [0, 0.1) is 0 Å². The first-order valence-corrected chi connectivity index (χ1v) is 6.00. The highest BCUT2D eigenvalue weighted by Crippen LogP contribution is 2.30. The van der Waals surface area contributed by atoms with Gasteiger partial charge in [-0.15, -0.1) is 10.2 Å². The third kappa shape index (κ3) is 2.78. The van der Waals surface area contributed by atoms with Crippen molar-refractivity contribution in [2.24, 2.45) is 12.9 Å². The fourth-order valence-corrected chi connectivity index (χ4v) is 2.08. The van der Waals surface area contributed by atoms with Gasteiger partial charge < -0.3 is 0 Å². The smallest absolute Gasteiger partial charge is 0.176 e. The van der Waals surface area contributed by atoms with E-state index in [1.54, 1.807) is 13.1 Å². The Bertz CT molecular complexity index is 541. The zero-order valence-electron chi connectivity index (χ0n) is 9.64. The summed E-state index contributed by atoms with van der Waals surface area (Å²) in [6.45, 7) is 0. The van der Waals surface area contributed by atoms with Crippen LogP contribution in [0.3, 0.4) is 0 Å². The number of nitrogens with one attached hydrogen (secondary N) is 1. The van der Waals surface area contributed by atoms with E-state index in [4.69, 9.17) is 29.0 Å². The standard InChI is InChI=1S/C10H12Cl2N6/c1-18-16-9(15-17-18)5-8(14-13)6-3-2-4-7(11)10(6)12/h2-4,8,14H,5,13H2,1H3. The van der Waals surface area contributed by atoms with Gasteiger partial charge in [-0.1, -0.05) is 35.3 Å². The molecular weight excluding hydrogens is 275 g/mol. The average molecular weight is 287 g/mol. The van der Waals surface area contributed by atoms with Gasteiger partial charge in [0.1, 0.15) is 0 Å². The van der Waals surface area contributed by atoms with E-state index in [9.17, 15) is 0 Å². The van der Waals surface area contributed by atoms with Gasteiger partial charge in [-0.3, -0.25) is 11.3 Å². The van der Waals surface area contributed by atoms with Gasteiger partial charge in [-0.2, -0.15) is 4.80 Å². The van der Waals surface area contributed by atoms with Crippen molar-refractivity contribution in [1.29, 1.82) is 0 Å². The predicted octanol–water partition coefficient (Wildman–Crippen LogP) is 1.26. The third-order valence-electron chi connectivity index (χ3n) is 2.49. The molecule has 0 radical (unpaired) electrons. The van der Waals surface area contributed by atoms with E-state index in [0.29, 0.717) is 22.3 Å². The van der Waals surface area contributed by atoms with Crippen molar-refractivity contribution in [3.63, 3.8) is 0 Å². The maximum absolute atomic E-state index is 6.15. The summed E-state index contributed by atoms with van der Waals surface area (Å²) in [7, 11) is 1.70. The number of halogens is 2. The molecule has 1 aromatic carbocycles. The fourth-order valence-electron chi connectivity index (χ4n) is 1.64. The summed E-state index contributed by atoms with van der Waals surface area (Å²) in [5.74, 6) is 6.12. The molecule has 0 aliphatic heterocycles. The minimum Gasteiger partial charge on any atom is -0.271 e. The summed E-state index contributed by atoms with van der Waals surface area (Å²) in [5, 5.41) is 12.7. The first-order chi connectivity index (χ1) is 8.61. The van der Waals surface area contributed by atoms with Crippen LogP contribution in [0.15, 0.2) is 18.2 Å². The number of aromatic nitrogens is 4. The topological polar surface area (TPSA) is 81.7 Å². The zero-order chi connectivity index (χ0) is 13.1. The average Bonchev–Trinajstić information content (AvgIpc) is 2.76. The first-order valence-electron chi connectivity index (χ1n) is 5.24. The molecule has 0 saturated carbocycles. The Hall–Kier alpha value is -1.21.